The van der Waals surface area contributed by atoms with Gasteiger partial charge in [-0.15, -0.1) is 0 Å². The second kappa shape index (κ2) is 5.71. The van der Waals surface area contributed by atoms with Crippen molar-refractivity contribution < 1.29 is 4.10 Å². The maximum atomic E-state index is 8.85. The number of hydrogen-bond donors (Lipinski definition) is 1. The first kappa shape index (κ1) is 8.58. The molecule has 0 radical (unpaired) electrons. The summed E-state index contributed by atoms with van der Waals surface area (Å²) < 4.78 is 8.85. The van der Waals surface area contributed by atoms with Crippen LogP contribution in [0.5, 0.6) is 0 Å². The van der Waals surface area contributed by atoms with Gasteiger partial charge >= 0.3 is 63.1 Å². The molecule has 0 atom stereocenters. The molecule has 1 nitrogen and oxygen atoms in total. The Morgan fingerprint density at radius 2 is 1.50 bits per heavy atom. The molecule has 0 saturated carbocycles. The van der Waals surface area contributed by atoms with Gasteiger partial charge in [0.2, 0.25) is 0 Å². The van der Waals surface area contributed by atoms with E-state index in [2.05, 4.69) is 0 Å². The Bertz CT molecular complexity index is 90.2. The van der Waals surface area contributed by atoms with E-state index in [0.29, 0.717) is 0 Å². The van der Waals surface area contributed by atoms with E-state index in [4.69, 9.17) is 27.3 Å². The quantitative estimate of drug-likeness (QED) is 0.692. The van der Waals surface area contributed by atoms with Crippen LogP contribution in [0.2, 0.25) is 0 Å². The molecule has 0 aromatic rings. The molecule has 0 bridgehead atoms. The standard InChI is InChI=1S/C4H5AsCl2O/c6-3-1-5(8)2-4-7/h1-4,8H/b3-1+,4-2+. The molecule has 1 N–H and O–H groups in total. The van der Waals surface area contributed by atoms with Crippen LogP contribution in [-0.2, 0) is 0 Å². The summed E-state index contributed by atoms with van der Waals surface area (Å²) in [7, 11) is 0. The molecule has 0 fully saturated rings. The zero-order valence-corrected chi connectivity index (χ0v) is 7.35. The van der Waals surface area contributed by atoms with E-state index in [9.17, 15) is 0 Å². The minimum absolute atomic E-state index is 1.30. The van der Waals surface area contributed by atoms with Gasteiger partial charge in [-0.05, 0) is 0 Å². The van der Waals surface area contributed by atoms with Crippen molar-refractivity contribution in [3.63, 3.8) is 0 Å². The van der Waals surface area contributed by atoms with E-state index < -0.39 is 15.0 Å². The molecule has 0 saturated heterocycles. The maximum absolute atomic E-state index is 8.85. The third-order valence-corrected chi connectivity index (χ3v) is 3.34. The third kappa shape index (κ3) is 4.73. The van der Waals surface area contributed by atoms with Crippen molar-refractivity contribution in [2.24, 2.45) is 0 Å². The molecule has 0 heterocycles. The van der Waals surface area contributed by atoms with Crippen LogP contribution in [0.3, 0.4) is 0 Å². The molecule has 0 aliphatic heterocycles. The first-order valence-electron chi connectivity index (χ1n) is 1.82. The van der Waals surface area contributed by atoms with Crippen molar-refractivity contribution in [2.45, 2.75) is 0 Å². The predicted molar refractivity (Wildman–Crippen MR) is 38.0 cm³/mol. The number of rotatable bonds is 2. The summed E-state index contributed by atoms with van der Waals surface area (Å²) >= 11 is 8.42. The van der Waals surface area contributed by atoms with E-state index >= 15 is 0 Å². The normalized spacial score (nSPS) is 12.5. The van der Waals surface area contributed by atoms with Crippen molar-refractivity contribution in [2.75, 3.05) is 0 Å². The van der Waals surface area contributed by atoms with Crippen LogP contribution in [0.1, 0.15) is 0 Å². The zero-order chi connectivity index (χ0) is 6.41. The first-order valence-corrected chi connectivity index (χ1v) is 5.70. The van der Waals surface area contributed by atoms with Crippen molar-refractivity contribution in [1.82, 2.24) is 0 Å². The summed E-state index contributed by atoms with van der Waals surface area (Å²) in [5.74, 6) is 0. The number of hydrogen-bond acceptors (Lipinski definition) is 1. The van der Waals surface area contributed by atoms with Crippen LogP contribution < -0.4 is 0 Å². The van der Waals surface area contributed by atoms with Crippen LogP contribution in [0.15, 0.2) is 20.8 Å². The second-order valence-electron chi connectivity index (χ2n) is 0.930. The molecular weight excluding hydrogens is 210 g/mol. The zero-order valence-electron chi connectivity index (χ0n) is 3.96. The Morgan fingerprint density at radius 3 is 1.75 bits per heavy atom. The summed E-state index contributed by atoms with van der Waals surface area (Å²) in [4.78, 5) is 3.10. The van der Waals surface area contributed by atoms with Crippen LogP contribution >= 0.6 is 23.2 Å². The summed E-state index contributed by atoms with van der Waals surface area (Å²) in [5, 5.41) is 0. The third-order valence-electron chi connectivity index (χ3n) is 0.418. The predicted octanol–water partition coefficient (Wildman–Crippen LogP) is 1.55. The minimum atomic E-state index is -1.89. The summed E-state index contributed by atoms with van der Waals surface area (Å²) in [6, 6.07) is 0. The summed E-state index contributed by atoms with van der Waals surface area (Å²) in [5.41, 5.74) is 2.60. The van der Waals surface area contributed by atoms with E-state index in [1.165, 1.54) is 11.1 Å². The van der Waals surface area contributed by atoms with Gasteiger partial charge in [0.25, 0.3) is 0 Å². The van der Waals surface area contributed by atoms with Gasteiger partial charge in [0.05, 0.1) is 0 Å². The monoisotopic (exact) mass is 214 g/mol. The van der Waals surface area contributed by atoms with Gasteiger partial charge in [0, 0.05) is 0 Å². The van der Waals surface area contributed by atoms with Crippen LogP contribution in [-0.4, -0.2) is 19.1 Å². The molecule has 0 aromatic carbocycles. The Balaban J connectivity index is 3.47. The first-order chi connectivity index (χ1) is 3.81. The van der Waals surface area contributed by atoms with Crippen molar-refractivity contribution in [3.8, 4) is 0 Å². The summed E-state index contributed by atoms with van der Waals surface area (Å²) in [6.45, 7) is 0. The van der Waals surface area contributed by atoms with E-state index in [1.807, 2.05) is 0 Å². The van der Waals surface area contributed by atoms with Gasteiger partial charge in [-0.3, -0.25) is 0 Å². The Hall–Kier alpha value is 0.578. The van der Waals surface area contributed by atoms with Crippen LogP contribution in [0.25, 0.3) is 0 Å². The molecule has 46 valence electrons. The average Bonchev–Trinajstić information content (AvgIpc) is 1.68. The van der Waals surface area contributed by atoms with Gasteiger partial charge in [0.1, 0.15) is 0 Å². The molecule has 0 aromatic heterocycles. The van der Waals surface area contributed by atoms with Gasteiger partial charge in [-0.25, -0.2) is 0 Å². The molecule has 0 aliphatic carbocycles. The molecule has 4 heteroatoms. The Morgan fingerprint density at radius 1 is 1.12 bits per heavy atom. The Kier molecular flexibility index (Phi) is 6.12. The molecule has 0 spiro atoms. The summed E-state index contributed by atoms with van der Waals surface area (Å²) in [6.07, 6.45) is 0. The molecule has 0 aliphatic rings. The van der Waals surface area contributed by atoms with Crippen LogP contribution in [0, 0.1) is 0 Å². The topological polar surface area (TPSA) is 20.2 Å². The number of halogens is 2. The van der Waals surface area contributed by atoms with Crippen molar-refractivity contribution >= 4 is 38.2 Å². The van der Waals surface area contributed by atoms with Crippen molar-refractivity contribution in [1.29, 1.82) is 0 Å². The van der Waals surface area contributed by atoms with Gasteiger partial charge in [-0.1, -0.05) is 0 Å². The van der Waals surface area contributed by atoms with Gasteiger partial charge in [0.15, 0.2) is 0 Å². The fourth-order valence-electron chi connectivity index (χ4n) is 0.165. The SMILES string of the molecule is O[As](/C=C/Cl)/C=C/Cl. The Labute approximate surface area is 63.2 Å². The van der Waals surface area contributed by atoms with E-state index in [-0.39, 0.29) is 0 Å². The van der Waals surface area contributed by atoms with E-state index in [1.54, 1.807) is 9.73 Å². The average molecular weight is 215 g/mol. The molecule has 0 amide bonds. The fraction of sp³-hybridized carbons (Fsp3) is 0. The van der Waals surface area contributed by atoms with Crippen LogP contribution in [0.4, 0.5) is 0 Å². The molecule has 0 rings (SSSR count). The molecule has 8 heavy (non-hydrogen) atoms. The van der Waals surface area contributed by atoms with Gasteiger partial charge < -0.3 is 0 Å². The molecular formula is C4H5AsCl2O. The second-order valence-corrected chi connectivity index (χ2v) is 4.28. The fourth-order valence-corrected chi connectivity index (χ4v) is 2.06. The van der Waals surface area contributed by atoms with Crippen molar-refractivity contribution in [3.05, 3.63) is 20.8 Å². The molecule has 0 unspecified atom stereocenters. The van der Waals surface area contributed by atoms with E-state index in [0.717, 1.165) is 0 Å². The van der Waals surface area contributed by atoms with Gasteiger partial charge in [-0.2, -0.15) is 0 Å².